The molecule has 1 aliphatic heterocycles. The monoisotopic (exact) mass is 270 g/mol. The van der Waals surface area contributed by atoms with E-state index in [2.05, 4.69) is 10.3 Å². The lowest BCUT2D eigenvalue weighted by Gasteiger charge is -2.26. The summed E-state index contributed by atoms with van der Waals surface area (Å²) in [5.41, 5.74) is -0.161. The second-order valence-corrected chi connectivity index (χ2v) is 5.74. The van der Waals surface area contributed by atoms with Crippen LogP contribution in [0.2, 0.25) is 0 Å². The predicted molar refractivity (Wildman–Crippen MR) is 68.5 cm³/mol. The number of carbonyl (C=O) groups excluding carboxylic acids is 1. The summed E-state index contributed by atoms with van der Waals surface area (Å²) in [5.74, 6) is -0.118. The molecule has 0 aromatic carbocycles. The van der Waals surface area contributed by atoms with Crippen molar-refractivity contribution >= 4 is 17.2 Å². The highest BCUT2D eigenvalue weighted by Gasteiger charge is 2.39. The van der Waals surface area contributed by atoms with Gasteiger partial charge < -0.3 is 15.2 Å². The third-order valence-corrected chi connectivity index (χ3v) is 4.08. The lowest BCUT2D eigenvalue weighted by atomic mass is 9.97. The molecule has 100 valence electrons. The Kier molecular flexibility index (Phi) is 3.99. The summed E-state index contributed by atoms with van der Waals surface area (Å²) >= 11 is 1.53. The normalized spacial score (nSPS) is 27.4. The summed E-state index contributed by atoms with van der Waals surface area (Å²) in [5, 5.41) is 15.8. The molecule has 2 atom stereocenters. The van der Waals surface area contributed by atoms with E-state index >= 15 is 0 Å². The number of nitrogens with zero attached hydrogens (tertiary/aromatic N) is 1. The molecule has 1 aromatic rings. The van der Waals surface area contributed by atoms with Crippen molar-refractivity contribution in [3.63, 3.8) is 0 Å². The van der Waals surface area contributed by atoms with Gasteiger partial charge in [0.15, 0.2) is 0 Å². The van der Waals surface area contributed by atoms with Gasteiger partial charge in [-0.05, 0) is 13.8 Å². The number of rotatable bonds is 4. The van der Waals surface area contributed by atoms with Crippen LogP contribution in [0.1, 0.15) is 24.0 Å². The van der Waals surface area contributed by atoms with E-state index in [1.807, 2.05) is 19.2 Å². The molecule has 0 aliphatic carbocycles. The van der Waals surface area contributed by atoms with E-state index in [0.717, 1.165) is 10.7 Å². The molecular weight excluding hydrogens is 252 g/mol. The maximum Gasteiger partial charge on any atom is 0.226 e. The number of aryl methyl sites for hydroxylation is 1. The van der Waals surface area contributed by atoms with E-state index in [1.165, 1.54) is 11.3 Å². The van der Waals surface area contributed by atoms with Crippen LogP contribution in [0.5, 0.6) is 0 Å². The summed E-state index contributed by atoms with van der Waals surface area (Å²) in [4.78, 5) is 16.0. The highest BCUT2D eigenvalue weighted by Crippen LogP contribution is 2.24. The SMILES string of the molecule is Cc1nc(CC(=O)NCC2(O)CCOC2C)cs1. The van der Waals surface area contributed by atoms with Gasteiger partial charge in [0, 0.05) is 25.0 Å². The number of aromatic nitrogens is 1. The molecule has 0 radical (unpaired) electrons. The molecule has 1 saturated heterocycles. The third-order valence-electron chi connectivity index (χ3n) is 3.26. The van der Waals surface area contributed by atoms with Gasteiger partial charge in [-0.2, -0.15) is 0 Å². The molecule has 2 heterocycles. The highest BCUT2D eigenvalue weighted by atomic mass is 32.1. The Hall–Kier alpha value is -0.980. The molecule has 6 heteroatoms. The van der Waals surface area contributed by atoms with E-state index in [0.29, 0.717) is 13.0 Å². The first-order valence-corrected chi connectivity index (χ1v) is 6.89. The Balaban J connectivity index is 1.81. The van der Waals surface area contributed by atoms with Gasteiger partial charge in [-0.3, -0.25) is 4.79 Å². The standard InChI is InChI=1S/C12H18N2O3S/c1-8-12(16,3-4-17-8)7-13-11(15)5-10-6-18-9(2)14-10/h6,8,16H,3-5,7H2,1-2H3,(H,13,15). The second-order valence-electron chi connectivity index (χ2n) is 4.68. The summed E-state index contributed by atoms with van der Waals surface area (Å²) in [7, 11) is 0. The molecule has 1 aliphatic rings. The largest absolute Gasteiger partial charge is 0.385 e. The molecule has 0 bridgehead atoms. The van der Waals surface area contributed by atoms with Gasteiger partial charge in [-0.1, -0.05) is 0 Å². The molecule has 18 heavy (non-hydrogen) atoms. The first-order valence-electron chi connectivity index (χ1n) is 6.01. The van der Waals surface area contributed by atoms with Gasteiger partial charge in [0.05, 0.1) is 23.2 Å². The minimum absolute atomic E-state index is 0.118. The van der Waals surface area contributed by atoms with Crippen LogP contribution >= 0.6 is 11.3 Å². The average molecular weight is 270 g/mol. The van der Waals surface area contributed by atoms with E-state index in [9.17, 15) is 9.90 Å². The van der Waals surface area contributed by atoms with E-state index < -0.39 is 5.60 Å². The van der Waals surface area contributed by atoms with Gasteiger partial charge in [-0.25, -0.2) is 4.98 Å². The third kappa shape index (κ3) is 3.07. The van der Waals surface area contributed by atoms with E-state index in [1.54, 1.807) is 0 Å². The first kappa shape index (κ1) is 13.5. The molecular formula is C12H18N2O3S. The van der Waals surface area contributed by atoms with Crippen LogP contribution in [0.25, 0.3) is 0 Å². The Bertz CT molecular complexity index is 435. The number of ether oxygens (including phenoxy) is 1. The van der Waals surface area contributed by atoms with Crippen LogP contribution in [0.4, 0.5) is 0 Å². The maximum atomic E-state index is 11.7. The van der Waals surface area contributed by atoms with Crippen LogP contribution in [-0.2, 0) is 16.0 Å². The summed E-state index contributed by atoms with van der Waals surface area (Å²) in [6, 6.07) is 0. The molecule has 0 saturated carbocycles. The molecule has 1 amide bonds. The summed E-state index contributed by atoms with van der Waals surface area (Å²) in [6.45, 7) is 4.50. The van der Waals surface area contributed by atoms with Crippen molar-refractivity contribution in [2.24, 2.45) is 0 Å². The minimum Gasteiger partial charge on any atom is -0.385 e. The topological polar surface area (TPSA) is 71.5 Å². The van der Waals surface area contributed by atoms with Crippen molar-refractivity contribution in [2.45, 2.75) is 38.4 Å². The van der Waals surface area contributed by atoms with Gasteiger partial charge in [0.25, 0.3) is 0 Å². The summed E-state index contributed by atoms with van der Waals surface area (Å²) < 4.78 is 5.31. The number of aliphatic hydroxyl groups is 1. The number of carbonyl (C=O) groups is 1. The Morgan fingerprint density at radius 3 is 3.11 bits per heavy atom. The Morgan fingerprint density at radius 2 is 2.56 bits per heavy atom. The summed E-state index contributed by atoms with van der Waals surface area (Å²) in [6.07, 6.45) is 0.583. The molecule has 0 spiro atoms. The maximum absolute atomic E-state index is 11.7. The molecule has 1 aromatic heterocycles. The second kappa shape index (κ2) is 5.34. The number of nitrogens with one attached hydrogen (secondary N) is 1. The van der Waals surface area contributed by atoms with Gasteiger partial charge in [0.2, 0.25) is 5.91 Å². The fourth-order valence-corrected chi connectivity index (χ4v) is 2.58. The van der Waals surface area contributed by atoms with Crippen molar-refractivity contribution in [1.82, 2.24) is 10.3 Å². The zero-order valence-electron chi connectivity index (χ0n) is 10.6. The Morgan fingerprint density at radius 1 is 1.78 bits per heavy atom. The quantitative estimate of drug-likeness (QED) is 0.842. The number of thiazole rings is 1. The zero-order chi connectivity index (χ0) is 13.2. The Labute approximate surface area is 110 Å². The molecule has 5 nitrogen and oxygen atoms in total. The van der Waals surface area contributed by atoms with Crippen molar-refractivity contribution in [3.8, 4) is 0 Å². The number of hydrogen-bond donors (Lipinski definition) is 2. The van der Waals surface area contributed by atoms with Crippen LogP contribution in [0.15, 0.2) is 5.38 Å². The van der Waals surface area contributed by atoms with E-state index in [-0.39, 0.29) is 25.0 Å². The van der Waals surface area contributed by atoms with Crippen molar-refractivity contribution in [3.05, 3.63) is 16.1 Å². The minimum atomic E-state index is -0.937. The van der Waals surface area contributed by atoms with Crippen molar-refractivity contribution < 1.29 is 14.6 Å². The van der Waals surface area contributed by atoms with Crippen LogP contribution in [0, 0.1) is 6.92 Å². The average Bonchev–Trinajstić information content (AvgIpc) is 2.85. The predicted octanol–water partition coefficient (Wildman–Crippen LogP) is 0.650. The smallest absolute Gasteiger partial charge is 0.226 e. The van der Waals surface area contributed by atoms with Crippen LogP contribution in [-0.4, -0.2) is 40.9 Å². The van der Waals surface area contributed by atoms with Crippen molar-refractivity contribution in [2.75, 3.05) is 13.2 Å². The lowest BCUT2D eigenvalue weighted by molar-refractivity contribution is -0.122. The van der Waals surface area contributed by atoms with Crippen LogP contribution < -0.4 is 5.32 Å². The fourth-order valence-electron chi connectivity index (χ4n) is 1.97. The van der Waals surface area contributed by atoms with Crippen molar-refractivity contribution in [1.29, 1.82) is 0 Å². The number of hydrogen-bond acceptors (Lipinski definition) is 5. The highest BCUT2D eigenvalue weighted by molar-refractivity contribution is 7.09. The molecule has 2 N–H and O–H groups in total. The van der Waals surface area contributed by atoms with Gasteiger partial charge in [0.1, 0.15) is 5.60 Å². The first-order chi connectivity index (χ1) is 8.49. The molecule has 2 unspecified atom stereocenters. The fraction of sp³-hybridized carbons (Fsp3) is 0.667. The van der Waals surface area contributed by atoms with Gasteiger partial charge in [-0.15, -0.1) is 11.3 Å². The van der Waals surface area contributed by atoms with Crippen LogP contribution in [0.3, 0.4) is 0 Å². The lowest BCUT2D eigenvalue weighted by Crippen LogP contribution is -2.47. The number of amides is 1. The molecule has 1 fully saturated rings. The molecule has 2 rings (SSSR count). The van der Waals surface area contributed by atoms with Gasteiger partial charge >= 0.3 is 0 Å². The van der Waals surface area contributed by atoms with E-state index in [4.69, 9.17) is 4.74 Å². The zero-order valence-corrected chi connectivity index (χ0v) is 11.4.